The van der Waals surface area contributed by atoms with E-state index in [2.05, 4.69) is 12.6 Å². The van der Waals surface area contributed by atoms with Crippen LogP contribution in [0.4, 0.5) is 0 Å². The lowest BCUT2D eigenvalue weighted by atomic mass is 10.0. The molecule has 0 aliphatic rings. The molecule has 0 aliphatic carbocycles. The first kappa shape index (κ1) is 12.8. The van der Waals surface area contributed by atoms with Crippen molar-refractivity contribution in [3.8, 4) is 5.75 Å². The minimum Gasteiger partial charge on any atom is -0.497 e. The molecule has 0 amide bonds. The Balaban J connectivity index is 2.30. The van der Waals surface area contributed by atoms with Gasteiger partial charge >= 0.3 is 5.97 Å². The molecule has 2 aromatic rings. The highest BCUT2D eigenvalue weighted by Gasteiger charge is 2.12. The van der Waals surface area contributed by atoms with E-state index in [0.717, 1.165) is 22.1 Å². The third kappa shape index (κ3) is 2.76. The van der Waals surface area contributed by atoms with E-state index >= 15 is 0 Å². The van der Waals surface area contributed by atoms with Crippen molar-refractivity contribution >= 4 is 29.4 Å². The van der Waals surface area contributed by atoms with Crippen LogP contribution >= 0.6 is 12.6 Å². The van der Waals surface area contributed by atoms with Crippen LogP contribution in [0.5, 0.6) is 5.75 Å². The summed E-state index contributed by atoms with van der Waals surface area (Å²) in [5, 5.41) is 10.3. The van der Waals surface area contributed by atoms with Crippen LogP contribution in [0, 0.1) is 0 Å². The molecule has 4 heteroatoms. The summed E-state index contributed by atoms with van der Waals surface area (Å²) >= 11 is 4.04. The standard InChI is InChI=1S/C14H14O3S/c1-17-12-5-4-10-6-9(2-3-11(10)8-12)7-13(18)14(15)16/h2-6,8,13,18H,7H2,1H3,(H,15,16). The van der Waals surface area contributed by atoms with E-state index < -0.39 is 11.2 Å². The molecule has 0 radical (unpaired) electrons. The molecule has 0 saturated carbocycles. The largest absolute Gasteiger partial charge is 0.497 e. The second kappa shape index (κ2) is 5.31. The number of aliphatic carboxylic acids is 1. The molecule has 0 spiro atoms. The van der Waals surface area contributed by atoms with Gasteiger partial charge in [0.25, 0.3) is 0 Å². The Kier molecular flexibility index (Phi) is 3.77. The van der Waals surface area contributed by atoms with Gasteiger partial charge in [-0.25, -0.2) is 0 Å². The third-order valence-electron chi connectivity index (χ3n) is 2.83. The average molecular weight is 262 g/mol. The van der Waals surface area contributed by atoms with Crippen LogP contribution in [-0.4, -0.2) is 23.4 Å². The summed E-state index contributed by atoms with van der Waals surface area (Å²) in [6, 6.07) is 11.7. The maximum absolute atomic E-state index is 10.8. The fraction of sp³-hybridized carbons (Fsp3) is 0.214. The lowest BCUT2D eigenvalue weighted by molar-refractivity contribution is -0.136. The predicted octanol–water partition coefficient (Wildman–Crippen LogP) is 2.77. The maximum atomic E-state index is 10.8. The van der Waals surface area contributed by atoms with Gasteiger partial charge in [-0.3, -0.25) is 4.79 Å². The van der Waals surface area contributed by atoms with Crippen molar-refractivity contribution in [1.29, 1.82) is 0 Å². The number of fused-ring (bicyclic) bond motifs is 1. The van der Waals surface area contributed by atoms with E-state index in [4.69, 9.17) is 9.84 Å². The Bertz CT molecular complexity index is 580. The highest BCUT2D eigenvalue weighted by molar-refractivity contribution is 7.81. The number of hydrogen-bond acceptors (Lipinski definition) is 3. The van der Waals surface area contributed by atoms with Gasteiger partial charge in [0, 0.05) is 0 Å². The van der Waals surface area contributed by atoms with Gasteiger partial charge in [-0.2, -0.15) is 12.6 Å². The summed E-state index contributed by atoms with van der Waals surface area (Å²) in [5.41, 5.74) is 0.968. The number of benzene rings is 2. The van der Waals surface area contributed by atoms with E-state index in [9.17, 15) is 4.79 Å². The summed E-state index contributed by atoms with van der Waals surface area (Å²) in [6.45, 7) is 0. The zero-order valence-electron chi connectivity index (χ0n) is 9.96. The second-order valence-electron chi connectivity index (χ2n) is 4.11. The van der Waals surface area contributed by atoms with Crippen LogP contribution < -0.4 is 4.74 Å². The highest BCUT2D eigenvalue weighted by Crippen LogP contribution is 2.22. The first-order valence-electron chi connectivity index (χ1n) is 5.57. The third-order valence-corrected chi connectivity index (χ3v) is 3.23. The Morgan fingerprint density at radius 3 is 2.61 bits per heavy atom. The number of carbonyl (C=O) groups is 1. The summed E-state index contributed by atoms with van der Waals surface area (Å²) in [5.74, 6) is -0.0824. The van der Waals surface area contributed by atoms with Gasteiger partial charge in [0.05, 0.1) is 7.11 Å². The van der Waals surface area contributed by atoms with Gasteiger partial charge in [-0.1, -0.05) is 24.3 Å². The first-order valence-corrected chi connectivity index (χ1v) is 6.09. The van der Waals surface area contributed by atoms with Crippen molar-refractivity contribution < 1.29 is 14.6 Å². The SMILES string of the molecule is COc1ccc2cc(CC(S)C(=O)O)ccc2c1. The van der Waals surface area contributed by atoms with E-state index in [-0.39, 0.29) is 0 Å². The molecule has 3 nitrogen and oxygen atoms in total. The van der Waals surface area contributed by atoms with Crippen molar-refractivity contribution in [2.24, 2.45) is 0 Å². The van der Waals surface area contributed by atoms with Crippen molar-refractivity contribution in [3.63, 3.8) is 0 Å². The van der Waals surface area contributed by atoms with Gasteiger partial charge in [0.1, 0.15) is 11.0 Å². The smallest absolute Gasteiger partial charge is 0.316 e. The molecule has 0 aliphatic heterocycles. The maximum Gasteiger partial charge on any atom is 0.316 e. The molecule has 94 valence electrons. The molecule has 1 atom stereocenters. The summed E-state index contributed by atoms with van der Waals surface area (Å²) in [6.07, 6.45) is 0.417. The number of methoxy groups -OCH3 is 1. The van der Waals surface area contributed by atoms with E-state index in [0.29, 0.717) is 6.42 Å². The molecule has 0 aromatic heterocycles. The van der Waals surface area contributed by atoms with Crippen LogP contribution in [0.2, 0.25) is 0 Å². The van der Waals surface area contributed by atoms with Crippen LogP contribution in [-0.2, 0) is 11.2 Å². The van der Waals surface area contributed by atoms with Crippen molar-refractivity contribution in [2.45, 2.75) is 11.7 Å². The second-order valence-corrected chi connectivity index (χ2v) is 4.73. The number of hydrogen-bond donors (Lipinski definition) is 2. The molecule has 18 heavy (non-hydrogen) atoms. The zero-order chi connectivity index (χ0) is 13.1. The van der Waals surface area contributed by atoms with Gasteiger partial charge in [0.2, 0.25) is 0 Å². The molecule has 0 fully saturated rings. The number of rotatable bonds is 4. The first-order chi connectivity index (χ1) is 8.60. The Labute approximate surface area is 111 Å². The molecule has 2 aromatic carbocycles. The molecule has 2 rings (SSSR count). The summed E-state index contributed by atoms with van der Waals surface area (Å²) < 4.78 is 5.16. The summed E-state index contributed by atoms with van der Waals surface area (Å²) in [7, 11) is 1.63. The Hall–Kier alpha value is -1.68. The highest BCUT2D eigenvalue weighted by atomic mass is 32.1. The van der Waals surface area contributed by atoms with E-state index in [1.165, 1.54) is 0 Å². The number of ether oxygens (including phenoxy) is 1. The molecular weight excluding hydrogens is 248 g/mol. The number of carboxylic acids is 1. The Morgan fingerprint density at radius 2 is 1.94 bits per heavy atom. The van der Waals surface area contributed by atoms with Crippen LogP contribution in [0.3, 0.4) is 0 Å². The minimum absolute atomic E-state index is 0.417. The normalized spacial score (nSPS) is 12.3. The Morgan fingerprint density at radius 1 is 1.28 bits per heavy atom. The van der Waals surface area contributed by atoms with Crippen molar-refractivity contribution in [3.05, 3.63) is 42.0 Å². The molecule has 0 saturated heterocycles. The lowest BCUT2D eigenvalue weighted by Gasteiger charge is -2.08. The van der Waals surface area contributed by atoms with Crippen LogP contribution in [0.1, 0.15) is 5.56 Å². The minimum atomic E-state index is -0.895. The lowest BCUT2D eigenvalue weighted by Crippen LogP contribution is -2.15. The molecular formula is C14H14O3S. The summed E-state index contributed by atoms with van der Waals surface area (Å²) in [4.78, 5) is 10.8. The number of thiol groups is 1. The molecule has 1 N–H and O–H groups in total. The van der Waals surface area contributed by atoms with E-state index in [1.807, 2.05) is 36.4 Å². The molecule has 1 unspecified atom stereocenters. The zero-order valence-corrected chi connectivity index (χ0v) is 10.9. The van der Waals surface area contributed by atoms with Crippen molar-refractivity contribution in [2.75, 3.05) is 7.11 Å². The topological polar surface area (TPSA) is 46.5 Å². The number of carboxylic acid groups (broad SMARTS) is 1. The van der Waals surface area contributed by atoms with E-state index in [1.54, 1.807) is 7.11 Å². The fourth-order valence-electron chi connectivity index (χ4n) is 1.84. The van der Waals surface area contributed by atoms with Gasteiger partial charge < -0.3 is 9.84 Å². The fourth-order valence-corrected chi connectivity index (χ4v) is 2.05. The van der Waals surface area contributed by atoms with Crippen LogP contribution in [0.15, 0.2) is 36.4 Å². The molecule has 0 heterocycles. The molecule has 0 bridgehead atoms. The monoisotopic (exact) mass is 262 g/mol. The van der Waals surface area contributed by atoms with Crippen LogP contribution in [0.25, 0.3) is 10.8 Å². The van der Waals surface area contributed by atoms with Gasteiger partial charge in [-0.05, 0) is 34.9 Å². The predicted molar refractivity (Wildman–Crippen MR) is 74.6 cm³/mol. The van der Waals surface area contributed by atoms with Gasteiger partial charge in [0.15, 0.2) is 0 Å². The van der Waals surface area contributed by atoms with Gasteiger partial charge in [-0.15, -0.1) is 0 Å². The van der Waals surface area contributed by atoms with Crippen molar-refractivity contribution in [1.82, 2.24) is 0 Å². The quantitative estimate of drug-likeness (QED) is 0.833. The average Bonchev–Trinajstić information content (AvgIpc) is 2.37.